The van der Waals surface area contributed by atoms with Crippen LogP contribution in [0.1, 0.15) is 15.9 Å². The van der Waals surface area contributed by atoms with Gasteiger partial charge in [0.05, 0.1) is 12.3 Å². The summed E-state index contributed by atoms with van der Waals surface area (Å²) in [7, 11) is 1.59. The molecule has 26 heavy (non-hydrogen) atoms. The van der Waals surface area contributed by atoms with Crippen molar-refractivity contribution in [1.29, 1.82) is 0 Å². The normalized spacial score (nSPS) is 10.5. The highest BCUT2D eigenvalue weighted by molar-refractivity contribution is 7.14. The molecule has 3 aromatic rings. The number of aromatic nitrogens is 2. The summed E-state index contributed by atoms with van der Waals surface area (Å²) in [5.41, 5.74) is 3.38. The van der Waals surface area contributed by atoms with Crippen molar-refractivity contribution in [2.45, 2.75) is 6.92 Å². The van der Waals surface area contributed by atoms with E-state index >= 15 is 0 Å². The minimum absolute atomic E-state index is 0.276. The molecule has 0 aliphatic heterocycles. The van der Waals surface area contributed by atoms with Crippen molar-refractivity contribution in [2.24, 2.45) is 0 Å². The Morgan fingerprint density at radius 2 is 2.04 bits per heavy atom. The van der Waals surface area contributed by atoms with E-state index in [9.17, 15) is 4.79 Å². The minimum atomic E-state index is -0.309. The van der Waals surface area contributed by atoms with E-state index in [-0.39, 0.29) is 11.8 Å². The molecule has 0 saturated heterocycles. The number of methoxy groups -OCH3 is 1. The number of nitrogens with zero attached hydrogens (tertiary/aromatic N) is 2. The number of aryl methyl sites for hydroxylation is 1. The smallest absolute Gasteiger partial charge is 0.262 e. The van der Waals surface area contributed by atoms with Gasteiger partial charge in [-0.3, -0.25) is 10.1 Å². The molecular formula is C19H19N3O3S. The number of ether oxygens (including phenoxy) is 2. The van der Waals surface area contributed by atoms with E-state index in [0.717, 1.165) is 16.8 Å². The summed E-state index contributed by atoms with van der Waals surface area (Å²) < 4.78 is 10.5. The van der Waals surface area contributed by atoms with Gasteiger partial charge in [0, 0.05) is 24.3 Å². The van der Waals surface area contributed by atoms with Crippen LogP contribution in [0.3, 0.4) is 0 Å². The maximum Gasteiger partial charge on any atom is 0.262 e. The standard InChI is InChI=1S/C19H19N3O3S/c1-13-6-3-4-7-14(13)16-12-26-19(21-16)22-17(23)15-8-5-9-20-18(15)25-11-10-24-2/h3-9,12H,10-11H2,1-2H3,(H,21,22,23). The summed E-state index contributed by atoms with van der Waals surface area (Å²) in [5, 5.41) is 5.27. The molecule has 1 N–H and O–H groups in total. The Balaban J connectivity index is 1.74. The van der Waals surface area contributed by atoms with Crippen molar-refractivity contribution >= 4 is 22.4 Å². The zero-order valence-corrected chi connectivity index (χ0v) is 15.4. The van der Waals surface area contributed by atoms with Crippen molar-refractivity contribution in [3.8, 4) is 17.1 Å². The molecule has 1 aromatic carbocycles. The van der Waals surface area contributed by atoms with Crippen molar-refractivity contribution < 1.29 is 14.3 Å². The first kappa shape index (κ1) is 18.0. The second-order valence-corrected chi connectivity index (χ2v) is 6.36. The number of anilines is 1. The summed E-state index contributed by atoms with van der Waals surface area (Å²) in [6, 6.07) is 11.4. The van der Waals surface area contributed by atoms with Crippen LogP contribution in [0.15, 0.2) is 48.0 Å². The van der Waals surface area contributed by atoms with Crippen molar-refractivity contribution in [1.82, 2.24) is 9.97 Å². The Bertz CT molecular complexity index is 895. The Hall–Kier alpha value is -2.77. The van der Waals surface area contributed by atoms with E-state index in [4.69, 9.17) is 9.47 Å². The van der Waals surface area contributed by atoms with E-state index in [0.29, 0.717) is 23.9 Å². The van der Waals surface area contributed by atoms with Gasteiger partial charge >= 0.3 is 0 Å². The first-order valence-corrected chi connectivity index (χ1v) is 8.96. The maximum absolute atomic E-state index is 12.6. The van der Waals surface area contributed by atoms with Gasteiger partial charge in [-0.1, -0.05) is 24.3 Å². The molecule has 0 aliphatic rings. The van der Waals surface area contributed by atoms with Gasteiger partial charge < -0.3 is 9.47 Å². The summed E-state index contributed by atoms with van der Waals surface area (Å²) >= 11 is 1.38. The molecule has 0 saturated carbocycles. The fraction of sp³-hybridized carbons (Fsp3) is 0.211. The topological polar surface area (TPSA) is 73.3 Å². The average molecular weight is 369 g/mol. The van der Waals surface area contributed by atoms with Gasteiger partial charge in [-0.15, -0.1) is 11.3 Å². The lowest BCUT2D eigenvalue weighted by molar-refractivity contribution is 0.101. The molecule has 6 nitrogen and oxygen atoms in total. The molecule has 0 atom stereocenters. The summed E-state index contributed by atoms with van der Waals surface area (Å²) in [4.78, 5) is 21.2. The highest BCUT2D eigenvalue weighted by Crippen LogP contribution is 2.28. The number of hydrogen-bond acceptors (Lipinski definition) is 6. The SMILES string of the molecule is COCCOc1ncccc1C(=O)Nc1nc(-c2ccccc2C)cs1. The van der Waals surface area contributed by atoms with Crippen LogP contribution in [0.2, 0.25) is 0 Å². The predicted octanol–water partition coefficient (Wildman–Crippen LogP) is 3.79. The summed E-state index contributed by atoms with van der Waals surface area (Å²) in [5.74, 6) is -0.0334. The van der Waals surface area contributed by atoms with Crippen LogP contribution >= 0.6 is 11.3 Å². The third-order valence-electron chi connectivity index (χ3n) is 3.69. The largest absolute Gasteiger partial charge is 0.475 e. The van der Waals surface area contributed by atoms with Crippen molar-refractivity contribution in [3.63, 3.8) is 0 Å². The monoisotopic (exact) mass is 369 g/mol. The Labute approximate surface area is 155 Å². The quantitative estimate of drug-likeness (QED) is 0.642. The molecule has 3 rings (SSSR count). The molecule has 0 aliphatic carbocycles. The van der Waals surface area contributed by atoms with Crippen LogP contribution < -0.4 is 10.1 Å². The first-order valence-electron chi connectivity index (χ1n) is 8.08. The van der Waals surface area contributed by atoms with Crippen LogP contribution in [0.4, 0.5) is 5.13 Å². The molecule has 2 heterocycles. The number of carbonyl (C=O) groups excluding carboxylic acids is 1. The Kier molecular flexibility index (Phi) is 5.93. The van der Waals surface area contributed by atoms with Gasteiger partial charge in [-0.2, -0.15) is 0 Å². The molecule has 0 bridgehead atoms. The number of nitrogens with one attached hydrogen (secondary N) is 1. The number of thiazole rings is 1. The fourth-order valence-electron chi connectivity index (χ4n) is 2.38. The van der Waals surface area contributed by atoms with Crippen LogP contribution in [0, 0.1) is 6.92 Å². The number of hydrogen-bond donors (Lipinski definition) is 1. The van der Waals surface area contributed by atoms with Crippen LogP contribution in [0.5, 0.6) is 5.88 Å². The molecule has 0 spiro atoms. The highest BCUT2D eigenvalue weighted by Gasteiger charge is 2.16. The number of amides is 1. The minimum Gasteiger partial charge on any atom is -0.475 e. The average Bonchev–Trinajstić information content (AvgIpc) is 3.11. The number of benzene rings is 1. The van der Waals surface area contributed by atoms with Crippen molar-refractivity contribution in [2.75, 3.05) is 25.6 Å². The van der Waals surface area contributed by atoms with Gasteiger partial charge in [0.25, 0.3) is 5.91 Å². The van der Waals surface area contributed by atoms with Gasteiger partial charge in [0.2, 0.25) is 5.88 Å². The summed E-state index contributed by atoms with van der Waals surface area (Å²) in [6.07, 6.45) is 1.58. The van der Waals surface area contributed by atoms with E-state index in [1.54, 1.807) is 25.4 Å². The highest BCUT2D eigenvalue weighted by atomic mass is 32.1. The van der Waals surface area contributed by atoms with Gasteiger partial charge in [0.15, 0.2) is 5.13 Å². The number of rotatable bonds is 7. The predicted molar refractivity (Wildman–Crippen MR) is 102 cm³/mol. The third-order valence-corrected chi connectivity index (χ3v) is 4.45. The van der Waals surface area contributed by atoms with Crippen LogP contribution in [-0.4, -0.2) is 36.2 Å². The zero-order valence-electron chi connectivity index (χ0n) is 14.6. The van der Waals surface area contributed by atoms with E-state index in [2.05, 4.69) is 15.3 Å². The molecular weight excluding hydrogens is 350 g/mol. The Morgan fingerprint density at radius 1 is 1.19 bits per heavy atom. The third kappa shape index (κ3) is 4.25. The molecule has 1 amide bonds. The first-order chi connectivity index (χ1) is 12.7. The molecule has 7 heteroatoms. The number of pyridine rings is 1. The van der Waals surface area contributed by atoms with Crippen LogP contribution in [-0.2, 0) is 4.74 Å². The van der Waals surface area contributed by atoms with Crippen molar-refractivity contribution in [3.05, 3.63) is 59.1 Å². The number of carbonyl (C=O) groups is 1. The second kappa shape index (κ2) is 8.55. The molecule has 0 radical (unpaired) electrons. The lowest BCUT2D eigenvalue weighted by atomic mass is 10.1. The molecule has 2 aromatic heterocycles. The molecule has 134 valence electrons. The van der Waals surface area contributed by atoms with Gasteiger partial charge in [0.1, 0.15) is 12.2 Å². The van der Waals surface area contributed by atoms with E-state index < -0.39 is 0 Å². The Morgan fingerprint density at radius 3 is 2.85 bits per heavy atom. The molecule has 0 unspecified atom stereocenters. The lowest BCUT2D eigenvalue weighted by Crippen LogP contribution is -2.15. The van der Waals surface area contributed by atoms with Crippen LogP contribution in [0.25, 0.3) is 11.3 Å². The van der Waals surface area contributed by atoms with Gasteiger partial charge in [-0.25, -0.2) is 9.97 Å². The fourth-order valence-corrected chi connectivity index (χ4v) is 3.09. The van der Waals surface area contributed by atoms with E-state index in [1.165, 1.54) is 11.3 Å². The second-order valence-electron chi connectivity index (χ2n) is 5.50. The summed E-state index contributed by atoms with van der Waals surface area (Å²) in [6.45, 7) is 2.78. The molecule has 0 fully saturated rings. The lowest BCUT2D eigenvalue weighted by Gasteiger charge is -2.09. The van der Waals surface area contributed by atoms with Gasteiger partial charge in [-0.05, 0) is 24.6 Å². The zero-order chi connectivity index (χ0) is 18.4. The van der Waals surface area contributed by atoms with E-state index in [1.807, 2.05) is 36.6 Å². The maximum atomic E-state index is 12.6.